The van der Waals surface area contributed by atoms with Gasteiger partial charge in [-0.2, -0.15) is 0 Å². The van der Waals surface area contributed by atoms with E-state index in [1.54, 1.807) is 0 Å². The molecule has 0 saturated heterocycles. The van der Waals surface area contributed by atoms with Crippen LogP contribution in [0.1, 0.15) is 42.9 Å². The summed E-state index contributed by atoms with van der Waals surface area (Å²) in [5.74, 6) is 0.599. The van der Waals surface area contributed by atoms with Gasteiger partial charge < -0.3 is 4.57 Å². The van der Waals surface area contributed by atoms with Gasteiger partial charge in [-0.15, -0.1) is 0 Å². The highest BCUT2D eigenvalue weighted by atomic mass is 31.2. The fraction of sp³-hybridized carbons (Fsp3) is 0.250. The van der Waals surface area contributed by atoms with Crippen molar-refractivity contribution >= 4 is 29.4 Å². The van der Waals surface area contributed by atoms with Crippen LogP contribution < -0.4 is 5.30 Å². The second kappa shape index (κ2) is 9.97. The SMILES string of the molecule is CCC(C)C1c2ccccc2C=CC1P(=O)(c1ccc2ccccc2c1)N(C)Cc1ccccc1. The predicted octanol–water partition coefficient (Wildman–Crippen LogP) is 8.10. The highest BCUT2D eigenvalue weighted by Crippen LogP contribution is 2.61. The lowest BCUT2D eigenvalue weighted by molar-refractivity contribution is 0.414. The summed E-state index contributed by atoms with van der Waals surface area (Å²) in [6.07, 6.45) is 5.49. The molecular weight excluding hydrogens is 445 g/mol. The lowest BCUT2D eigenvalue weighted by atomic mass is 9.78. The van der Waals surface area contributed by atoms with Crippen LogP contribution in [0.25, 0.3) is 16.8 Å². The molecule has 4 unspecified atom stereocenters. The van der Waals surface area contributed by atoms with E-state index in [0.717, 1.165) is 17.1 Å². The summed E-state index contributed by atoms with van der Waals surface area (Å²) in [6.45, 7) is 5.21. The van der Waals surface area contributed by atoms with Gasteiger partial charge in [0.2, 0.25) is 0 Å². The molecule has 0 spiro atoms. The number of hydrogen-bond donors (Lipinski definition) is 0. The molecule has 2 nitrogen and oxygen atoms in total. The van der Waals surface area contributed by atoms with Crippen molar-refractivity contribution in [1.29, 1.82) is 0 Å². The first-order valence-corrected chi connectivity index (χ1v) is 14.4. The maximum atomic E-state index is 15.6. The fourth-order valence-corrected chi connectivity index (χ4v) is 9.02. The highest BCUT2D eigenvalue weighted by molar-refractivity contribution is 7.70. The van der Waals surface area contributed by atoms with Gasteiger partial charge in [0.1, 0.15) is 0 Å². The van der Waals surface area contributed by atoms with Crippen molar-refractivity contribution in [3.63, 3.8) is 0 Å². The second-order valence-corrected chi connectivity index (χ2v) is 12.9. The summed E-state index contributed by atoms with van der Waals surface area (Å²) in [5, 5.41) is 3.26. The number of nitrogens with zero attached hydrogens (tertiary/aromatic N) is 1. The third kappa shape index (κ3) is 4.42. The van der Waals surface area contributed by atoms with Gasteiger partial charge >= 0.3 is 0 Å². The summed E-state index contributed by atoms with van der Waals surface area (Å²) >= 11 is 0. The van der Waals surface area contributed by atoms with Gasteiger partial charge in [-0.1, -0.05) is 117 Å². The summed E-state index contributed by atoms with van der Waals surface area (Å²) < 4.78 is 17.8. The van der Waals surface area contributed by atoms with Crippen LogP contribution in [-0.4, -0.2) is 17.4 Å². The van der Waals surface area contributed by atoms with E-state index in [1.807, 2.05) is 13.1 Å². The molecule has 0 aliphatic heterocycles. The van der Waals surface area contributed by atoms with Crippen molar-refractivity contribution in [2.45, 2.75) is 38.4 Å². The molecule has 4 aromatic rings. The lowest BCUT2D eigenvalue weighted by Gasteiger charge is -2.42. The summed E-state index contributed by atoms with van der Waals surface area (Å²) in [6, 6.07) is 33.8. The Morgan fingerprint density at radius 1 is 0.857 bits per heavy atom. The molecule has 0 radical (unpaired) electrons. The molecule has 0 N–H and O–H groups in total. The minimum atomic E-state index is -3.04. The Kier molecular flexibility index (Phi) is 6.78. The summed E-state index contributed by atoms with van der Waals surface area (Å²) in [7, 11) is -0.994. The number of rotatable bonds is 7. The molecule has 178 valence electrons. The van der Waals surface area contributed by atoms with E-state index in [4.69, 9.17) is 0 Å². The number of fused-ring (bicyclic) bond motifs is 2. The minimum absolute atomic E-state index is 0.0952. The zero-order valence-corrected chi connectivity index (χ0v) is 21.7. The summed E-state index contributed by atoms with van der Waals surface area (Å²) in [4.78, 5) is 0. The normalized spacial score (nSPS) is 19.9. The zero-order valence-electron chi connectivity index (χ0n) is 20.8. The topological polar surface area (TPSA) is 20.3 Å². The van der Waals surface area contributed by atoms with Gasteiger partial charge in [-0.25, -0.2) is 4.67 Å². The van der Waals surface area contributed by atoms with E-state index in [-0.39, 0.29) is 11.6 Å². The quantitative estimate of drug-likeness (QED) is 0.250. The monoisotopic (exact) mass is 479 g/mol. The van der Waals surface area contributed by atoms with Crippen LogP contribution in [0.2, 0.25) is 0 Å². The molecule has 1 aliphatic rings. The molecule has 1 aliphatic carbocycles. The van der Waals surface area contributed by atoms with Crippen LogP contribution in [0.5, 0.6) is 0 Å². The average molecular weight is 480 g/mol. The van der Waals surface area contributed by atoms with E-state index in [1.165, 1.54) is 22.1 Å². The van der Waals surface area contributed by atoms with E-state index in [0.29, 0.717) is 12.5 Å². The molecule has 5 rings (SSSR count). The number of allylic oxidation sites excluding steroid dienone is 1. The molecule has 0 amide bonds. The Balaban J connectivity index is 1.68. The van der Waals surface area contributed by atoms with Crippen LogP contribution in [0.15, 0.2) is 103 Å². The van der Waals surface area contributed by atoms with E-state index < -0.39 is 7.29 Å². The molecule has 4 atom stereocenters. The second-order valence-electron chi connectivity index (χ2n) is 9.85. The molecule has 0 aromatic heterocycles. The first kappa shape index (κ1) is 23.8. The summed E-state index contributed by atoms with van der Waals surface area (Å²) in [5.41, 5.74) is 3.66. The van der Waals surface area contributed by atoms with E-state index in [9.17, 15) is 0 Å². The third-order valence-electron chi connectivity index (χ3n) is 7.72. The molecular formula is C32H34NOP. The maximum absolute atomic E-state index is 15.6. The fourth-order valence-electron chi connectivity index (χ4n) is 5.63. The largest absolute Gasteiger partial charge is 0.301 e. The van der Waals surface area contributed by atoms with Crippen LogP contribution >= 0.6 is 7.29 Å². The molecule has 0 saturated carbocycles. The Morgan fingerprint density at radius 2 is 1.54 bits per heavy atom. The van der Waals surface area contributed by atoms with Crippen molar-refractivity contribution in [2.75, 3.05) is 7.05 Å². The minimum Gasteiger partial charge on any atom is -0.301 e. The van der Waals surface area contributed by atoms with Crippen LogP contribution in [0.3, 0.4) is 0 Å². The first-order chi connectivity index (χ1) is 17.0. The third-order valence-corrected chi connectivity index (χ3v) is 11.2. The van der Waals surface area contributed by atoms with Crippen molar-refractivity contribution < 1.29 is 4.57 Å². The van der Waals surface area contributed by atoms with E-state index in [2.05, 4.69) is 122 Å². The van der Waals surface area contributed by atoms with E-state index >= 15 is 4.57 Å². The van der Waals surface area contributed by atoms with Gasteiger partial charge in [-0.05, 0) is 52.6 Å². The predicted molar refractivity (Wildman–Crippen MR) is 151 cm³/mol. The Bertz CT molecular complexity index is 1390. The van der Waals surface area contributed by atoms with Crippen LogP contribution in [0, 0.1) is 5.92 Å². The van der Waals surface area contributed by atoms with Crippen molar-refractivity contribution in [3.05, 3.63) is 120 Å². The molecule has 35 heavy (non-hydrogen) atoms. The maximum Gasteiger partial charge on any atom is 0.185 e. The standard InChI is InChI=1S/C32H34NOP/c1-4-24(2)32-30-17-11-10-15-27(30)19-21-31(32)35(34,33(3)23-25-12-6-5-7-13-25)29-20-18-26-14-8-9-16-28(26)22-29/h5-22,24,31-32H,4,23H2,1-3H3. The van der Waals surface area contributed by atoms with Crippen LogP contribution in [-0.2, 0) is 11.1 Å². The van der Waals surface area contributed by atoms with Gasteiger partial charge in [0.25, 0.3) is 0 Å². The number of benzene rings is 4. The lowest BCUT2D eigenvalue weighted by Crippen LogP contribution is -2.35. The van der Waals surface area contributed by atoms with Crippen molar-refractivity contribution in [1.82, 2.24) is 4.67 Å². The van der Waals surface area contributed by atoms with Gasteiger partial charge in [0, 0.05) is 17.8 Å². The number of hydrogen-bond acceptors (Lipinski definition) is 1. The Labute approximate surface area is 209 Å². The van der Waals surface area contributed by atoms with Crippen molar-refractivity contribution in [2.24, 2.45) is 5.92 Å². The van der Waals surface area contributed by atoms with Crippen LogP contribution in [0.4, 0.5) is 0 Å². The molecule has 0 heterocycles. The molecule has 0 bridgehead atoms. The average Bonchev–Trinajstić information content (AvgIpc) is 2.91. The Morgan fingerprint density at radius 3 is 2.31 bits per heavy atom. The van der Waals surface area contributed by atoms with Gasteiger partial charge in [0.15, 0.2) is 7.29 Å². The zero-order chi connectivity index (χ0) is 24.4. The molecule has 0 fully saturated rings. The molecule has 4 aromatic carbocycles. The smallest absolute Gasteiger partial charge is 0.185 e. The first-order valence-electron chi connectivity index (χ1n) is 12.6. The van der Waals surface area contributed by atoms with Gasteiger partial charge in [0.05, 0.1) is 5.66 Å². The Hall–Kier alpha value is -2.93. The highest BCUT2D eigenvalue weighted by Gasteiger charge is 2.45. The van der Waals surface area contributed by atoms with Gasteiger partial charge in [-0.3, -0.25) is 0 Å². The van der Waals surface area contributed by atoms with Crippen molar-refractivity contribution in [3.8, 4) is 0 Å². The molecule has 3 heteroatoms.